The number of anilines is 2. The van der Waals surface area contributed by atoms with Crippen molar-refractivity contribution in [3.63, 3.8) is 0 Å². The van der Waals surface area contributed by atoms with E-state index in [0.717, 1.165) is 5.56 Å². The van der Waals surface area contributed by atoms with E-state index in [2.05, 4.69) is 10.3 Å². The topological polar surface area (TPSA) is 24.9 Å². The quantitative estimate of drug-likeness (QED) is 0.800. The maximum Gasteiger partial charge on any atom is 0.146 e. The minimum Gasteiger partial charge on any atom is -0.353 e. The minimum atomic E-state index is -0.293. The average Bonchev–Trinajstić information content (AvgIpc) is 2.24. The molecule has 2 nitrogen and oxygen atoms in total. The molecule has 0 amide bonds. The molecule has 1 aromatic carbocycles. The van der Waals surface area contributed by atoms with E-state index >= 15 is 0 Å². The molecule has 0 saturated heterocycles. The number of benzene rings is 1. The molecule has 1 N–H and O–H groups in total. The Kier molecular flexibility index (Phi) is 3.06. The van der Waals surface area contributed by atoms with E-state index in [4.69, 9.17) is 11.6 Å². The third-order valence-corrected chi connectivity index (χ3v) is 2.33. The fraction of sp³-hybridized carbons (Fsp3) is 0.0833. The third kappa shape index (κ3) is 2.49. The summed E-state index contributed by atoms with van der Waals surface area (Å²) in [7, 11) is 0. The van der Waals surface area contributed by atoms with Crippen LogP contribution in [0.1, 0.15) is 5.56 Å². The molecule has 0 saturated carbocycles. The summed E-state index contributed by atoms with van der Waals surface area (Å²) in [5, 5.41) is 3.33. The summed E-state index contributed by atoms with van der Waals surface area (Å²) < 4.78 is 13.4. The summed E-state index contributed by atoms with van der Waals surface area (Å²) in [5.74, 6) is -0.293. The van der Waals surface area contributed by atoms with Crippen LogP contribution < -0.4 is 5.32 Å². The van der Waals surface area contributed by atoms with E-state index in [0.29, 0.717) is 16.5 Å². The first-order chi connectivity index (χ1) is 7.65. The Morgan fingerprint density at radius 2 is 2.06 bits per heavy atom. The number of rotatable bonds is 2. The van der Waals surface area contributed by atoms with Crippen LogP contribution in [0.2, 0.25) is 5.15 Å². The van der Waals surface area contributed by atoms with Crippen LogP contribution in [0.5, 0.6) is 0 Å². The van der Waals surface area contributed by atoms with Crippen LogP contribution in [0.3, 0.4) is 0 Å². The summed E-state index contributed by atoms with van der Waals surface area (Å²) in [6.07, 6.45) is 1.57. The molecule has 0 aliphatic carbocycles. The Balaban J connectivity index is 2.30. The molecule has 0 bridgehead atoms. The Morgan fingerprint density at radius 3 is 2.81 bits per heavy atom. The molecule has 1 heterocycles. The number of aromatic nitrogens is 1. The van der Waals surface area contributed by atoms with Gasteiger partial charge in [-0.1, -0.05) is 17.7 Å². The van der Waals surface area contributed by atoms with E-state index < -0.39 is 0 Å². The normalized spacial score (nSPS) is 10.2. The molecule has 0 aliphatic rings. The molecular formula is C12H10ClFN2. The summed E-state index contributed by atoms with van der Waals surface area (Å²) in [6, 6.07) is 8.27. The van der Waals surface area contributed by atoms with Gasteiger partial charge in [-0.3, -0.25) is 0 Å². The number of pyridine rings is 1. The number of nitrogens with one attached hydrogen (secondary N) is 1. The van der Waals surface area contributed by atoms with Crippen molar-refractivity contribution in [3.05, 3.63) is 53.1 Å². The molecule has 16 heavy (non-hydrogen) atoms. The molecule has 0 aliphatic heterocycles. The van der Waals surface area contributed by atoms with E-state index in [1.807, 2.05) is 6.92 Å². The smallest absolute Gasteiger partial charge is 0.146 e. The van der Waals surface area contributed by atoms with E-state index in [9.17, 15) is 4.39 Å². The maximum atomic E-state index is 13.4. The zero-order valence-electron chi connectivity index (χ0n) is 8.67. The highest BCUT2D eigenvalue weighted by Crippen LogP contribution is 2.22. The lowest BCUT2D eigenvalue weighted by Gasteiger charge is -2.08. The van der Waals surface area contributed by atoms with Crippen molar-refractivity contribution >= 4 is 23.0 Å². The van der Waals surface area contributed by atoms with Crippen LogP contribution in [0.25, 0.3) is 0 Å². The maximum absolute atomic E-state index is 13.4. The van der Waals surface area contributed by atoms with Crippen molar-refractivity contribution in [2.24, 2.45) is 0 Å². The Labute approximate surface area is 98.1 Å². The number of halogens is 2. The Hall–Kier alpha value is -1.61. The van der Waals surface area contributed by atoms with Gasteiger partial charge in [-0.25, -0.2) is 9.37 Å². The number of nitrogens with zero attached hydrogens (tertiary/aromatic N) is 1. The molecule has 4 heteroatoms. The second-order valence-electron chi connectivity index (χ2n) is 3.48. The summed E-state index contributed by atoms with van der Waals surface area (Å²) >= 11 is 5.74. The molecule has 82 valence electrons. The predicted molar refractivity (Wildman–Crippen MR) is 63.7 cm³/mol. The van der Waals surface area contributed by atoms with Crippen LogP contribution in [0, 0.1) is 12.7 Å². The van der Waals surface area contributed by atoms with Gasteiger partial charge in [0.2, 0.25) is 0 Å². The highest BCUT2D eigenvalue weighted by Gasteiger charge is 2.02. The van der Waals surface area contributed by atoms with Gasteiger partial charge in [0.15, 0.2) is 0 Å². The largest absolute Gasteiger partial charge is 0.353 e. The second kappa shape index (κ2) is 4.49. The lowest BCUT2D eigenvalue weighted by molar-refractivity contribution is 0.631. The third-order valence-electron chi connectivity index (χ3n) is 2.13. The standard InChI is InChI=1S/C12H10ClFN2/c1-8-2-3-10(14)11(6-8)16-9-4-5-15-12(13)7-9/h2-7H,1H3,(H,15,16). The number of hydrogen-bond donors (Lipinski definition) is 1. The van der Waals surface area contributed by atoms with E-state index in [-0.39, 0.29) is 5.82 Å². The number of aryl methyl sites for hydroxylation is 1. The minimum absolute atomic E-state index is 0.293. The first-order valence-electron chi connectivity index (χ1n) is 4.80. The molecular weight excluding hydrogens is 227 g/mol. The zero-order chi connectivity index (χ0) is 11.5. The summed E-state index contributed by atoms with van der Waals surface area (Å²) in [6.45, 7) is 1.91. The van der Waals surface area contributed by atoms with Crippen LogP contribution >= 0.6 is 11.6 Å². The summed E-state index contributed by atoms with van der Waals surface area (Å²) in [5.41, 5.74) is 2.14. The highest BCUT2D eigenvalue weighted by molar-refractivity contribution is 6.29. The molecule has 2 rings (SSSR count). The molecule has 0 spiro atoms. The zero-order valence-corrected chi connectivity index (χ0v) is 9.42. The molecule has 2 aromatic rings. The SMILES string of the molecule is Cc1ccc(F)c(Nc2ccnc(Cl)c2)c1. The van der Waals surface area contributed by atoms with Gasteiger partial charge in [0.1, 0.15) is 11.0 Å². The van der Waals surface area contributed by atoms with Crippen LogP contribution in [0.15, 0.2) is 36.5 Å². The number of hydrogen-bond acceptors (Lipinski definition) is 2. The van der Waals surface area contributed by atoms with Crippen molar-refractivity contribution < 1.29 is 4.39 Å². The summed E-state index contributed by atoms with van der Waals surface area (Å²) in [4.78, 5) is 3.85. The first kappa shape index (κ1) is 10.9. The molecule has 0 atom stereocenters. The highest BCUT2D eigenvalue weighted by atomic mass is 35.5. The lowest BCUT2D eigenvalue weighted by atomic mass is 10.2. The molecule has 0 fully saturated rings. The van der Waals surface area contributed by atoms with Gasteiger partial charge in [-0.2, -0.15) is 0 Å². The Morgan fingerprint density at radius 1 is 1.25 bits per heavy atom. The molecule has 1 aromatic heterocycles. The van der Waals surface area contributed by atoms with Crippen molar-refractivity contribution in [2.45, 2.75) is 6.92 Å². The van der Waals surface area contributed by atoms with Crippen molar-refractivity contribution in [2.75, 3.05) is 5.32 Å². The first-order valence-corrected chi connectivity index (χ1v) is 5.18. The van der Waals surface area contributed by atoms with E-state index in [1.54, 1.807) is 30.5 Å². The van der Waals surface area contributed by atoms with Gasteiger partial charge in [0.25, 0.3) is 0 Å². The van der Waals surface area contributed by atoms with Gasteiger partial charge in [0, 0.05) is 11.9 Å². The predicted octanol–water partition coefficient (Wildman–Crippen LogP) is 3.93. The Bertz CT molecular complexity index is 514. The van der Waals surface area contributed by atoms with Crippen molar-refractivity contribution in [1.29, 1.82) is 0 Å². The van der Waals surface area contributed by atoms with Crippen molar-refractivity contribution in [3.8, 4) is 0 Å². The molecule has 0 unspecified atom stereocenters. The van der Waals surface area contributed by atoms with Crippen LogP contribution in [0.4, 0.5) is 15.8 Å². The van der Waals surface area contributed by atoms with Gasteiger partial charge in [-0.05, 0) is 36.8 Å². The fourth-order valence-electron chi connectivity index (χ4n) is 1.37. The van der Waals surface area contributed by atoms with Gasteiger partial charge >= 0.3 is 0 Å². The van der Waals surface area contributed by atoms with Crippen molar-refractivity contribution in [1.82, 2.24) is 4.98 Å². The van der Waals surface area contributed by atoms with E-state index in [1.165, 1.54) is 6.07 Å². The van der Waals surface area contributed by atoms with Gasteiger partial charge in [0.05, 0.1) is 5.69 Å². The van der Waals surface area contributed by atoms with Crippen LogP contribution in [-0.4, -0.2) is 4.98 Å². The van der Waals surface area contributed by atoms with Gasteiger partial charge < -0.3 is 5.32 Å². The monoisotopic (exact) mass is 236 g/mol. The second-order valence-corrected chi connectivity index (χ2v) is 3.86. The fourth-order valence-corrected chi connectivity index (χ4v) is 1.54. The van der Waals surface area contributed by atoms with Crippen LogP contribution in [-0.2, 0) is 0 Å². The molecule has 0 radical (unpaired) electrons. The lowest BCUT2D eigenvalue weighted by Crippen LogP contribution is -1.94. The average molecular weight is 237 g/mol. The van der Waals surface area contributed by atoms with Gasteiger partial charge in [-0.15, -0.1) is 0 Å².